The summed E-state index contributed by atoms with van der Waals surface area (Å²) in [5.74, 6) is 1.28. The van der Waals surface area contributed by atoms with Gasteiger partial charge in [0.1, 0.15) is 0 Å². The number of nitrogens with zero attached hydrogens (tertiary/aromatic N) is 3. The lowest BCUT2D eigenvalue weighted by atomic mass is 10.0. The Balaban J connectivity index is 0.00000400. The summed E-state index contributed by atoms with van der Waals surface area (Å²) < 4.78 is 0. The Morgan fingerprint density at radius 3 is 2.48 bits per heavy atom. The fourth-order valence-corrected chi connectivity index (χ4v) is 2.50. The highest BCUT2D eigenvalue weighted by molar-refractivity contribution is 14.0. The summed E-state index contributed by atoms with van der Waals surface area (Å²) >= 11 is 0. The van der Waals surface area contributed by atoms with E-state index < -0.39 is 0 Å². The van der Waals surface area contributed by atoms with Gasteiger partial charge in [0.2, 0.25) is 0 Å². The van der Waals surface area contributed by atoms with Gasteiger partial charge in [0.15, 0.2) is 5.96 Å². The zero-order chi connectivity index (χ0) is 15.0. The van der Waals surface area contributed by atoms with Gasteiger partial charge in [-0.05, 0) is 52.4 Å². The molecule has 0 aromatic heterocycles. The van der Waals surface area contributed by atoms with Crippen molar-refractivity contribution >= 4 is 29.9 Å². The van der Waals surface area contributed by atoms with Crippen molar-refractivity contribution in [2.24, 2.45) is 16.6 Å². The monoisotopic (exact) mass is 411 g/mol. The van der Waals surface area contributed by atoms with Crippen LogP contribution in [-0.4, -0.2) is 68.6 Å². The van der Waals surface area contributed by atoms with Gasteiger partial charge in [-0.2, -0.15) is 0 Å². The molecule has 1 rings (SSSR count). The molecule has 3 N–H and O–H groups in total. The first-order valence-electron chi connectivity index (χ1n) is 7.91. The summed E-state index contributed by atoms with van der Waals surface area (Å²) in [6.07, 6.45) is 3.64. The van der Waals surface area contributed by atoms with Gasteiger partial charge in [0, 0.05) is 25.7 Å². The van der Waals surface area contributed by atoms with Crippen LogP contribution in [0.2, 0.25) is 0 Å². The second-order valence-corrected chi connectivity index (χ2v) is 6.41. The Bertz CT molecular complexity index is 286. The van der Waals surface area contributed by atoms with Gasteiger partial charge >= 0.3 is 0 Å². The highest BCUT2D eigenvalue weighted by atomic mass is 127. The minimum atomic E-state index is 0. The molecule has 0 atom stereocenters. The average Bonchev–Trinajstić information content (AvgIpc) is 2.39. The molecular formula is C15H34IN5. The van der Waals surface area contributed by atoms with Crippen LogP contribution in [0.15, 0.2) is 4.99 Å². The summed E-state index contributed by atoms with van der Waals surface area (Å²) in [6, 6.07) is 0.752. The van der Waals surface area contributed by atoms with Crippen LogP contribution in [0.1, 0.15) is 33.1 Å². The van der Waals surface area contributed by atoms with E-state index >= 15 is 0 Å². The maximum Gasteiger partial charge on any atom is 0.188 e. The van der Waals surface area contributed by atoms with E-state index in [9.17, 15) is 0 Å². The van der Waals surface area contributed by atoms with Crippen molar-refractivity contribution in [2.45, 2.75) is 39.2 Å². The van der Waals surface area contributed by atoms with Gasteiger partial charge in [0.25, 0.3) is 0 Å². The maximum absolute atomic E-state index is 5.85. The molecule has 1 saturated heterocycles. The molecular weight excluding hydrogens is 377 g/mol. The molecule has 0 radical (unpaired) electrons. The standard InChI is InChI=1S/C15H33N5.HI/c1-13(2)5-8-17-15(16)18-9-12-20-10-6-14(7-11-20)19(3)4;/h13-14H,5-12H2,1-4H3,(H3,16,17,18);1H. The molecule has 0 bridgehead atoms. The van der Waals surface area contributed by atoms with E-state index in [1.165, 1.54) is 25.9 Å². The molecule has 0 unspecified atom stereocenters. The molecule has 21 heavy (non-hydrogen) atoms. The molecule has 0 amide bonds. The van der Waals surface area contributed by atoms with Crippen molar-refractivity contribution in [3.05, 3.63) is 0 Å². The van der Waals surface area contributed by atoms with Gasteiger partial charge in [-0.15, -0.1) is 24.0 Å². The first kappa shape index (κ1) is 20.9. The number of nitrogens with two attached hydrogens (primary N) is 1. The number of rotatable bonds is 7. The molecule has 0 aromatic rings. The van der Waals surface area contributed by atoms with Gasteiger partial charge in [-0.1, -0.05) is 13.8 Å². The van der Waals surface area contributed by atoms with Crippen molar-refractivity contribution < 1.29 is 0 Å². The molecule has 5 nitrogen and oxygen atoms in total. The smallest absolute Gasteiger partial charge is 0.188 e. The second-order valence-electron chi connectivity index (χ2n) is 6.41. The molecule has 1 aliphatic heterocycles. The summed E-state index contributed by atoms with van der Waals surface area (Å²) in [6.45, 7) is 9.56. The van der Waals surface area contributed by atoms with E-state index in [-0.39, 0.29) is 24.0 Å². The van der Waals surface area contributed by atoms with E-state index in [0.717, 1.165) is 32.1 Å². The van der Waals surface area contributed by atoms with E-state index in [0.29, 0.717) is 11.9 Å². The minimum Gasteiger partial charge on any atom is -0.370 e. The molecule has 1 heterocycles. The quantitative estimate of drug-likeness (QED) is 0.380. The number of piperidine rings is 1. The molecule has 6 heteroatoms. The first-order valence-corrected chi connectivity index (χ1v) is 7.91. The maximum atomic E-state index is 5.85. The summed E-state index contributed by atoms with van der Waals surface area (Å²) in [4.78, 5) is 9.19. The normalized spacial score (nSPS) is 18.1. The van der Waals surface area contributed by atoms with Crippen LogP contribution < -0.4 is 11.1 Å². The molecule has 0 spiro atoms. The van der Waals surface area contributed by atoms with Crippen LogP contribution >= 0.6 is 24.0 Å². The number of hydrogen-bond donors (Lipinski definition) is 2. The molecule has 1 aliphatic rings. The third-order valence-electron chi connectivity index (χ3n) is 4.01. The second kappa shape index (κ2) is 11.5. The summed E-state index contributed by atoms with van der Waals surface area (Å²) in [7, 11) is 4.35. The van der Waals surface area contributed by atoms with Crippen LogP contribution in [0.3, 0.4) is 0 Å². The third kappa shape index (κ3) is 9.52. The Labute approximate surface area is 147 Å². The lowest BCUT2D eigenvalue weighted by Gasteiger charge is -2.35. The van der Waals surface area contributed by atoms with Gasteiger partial charge in [-0.3, -0.25) is 4.99 Å². The number of hydrogen-bond acceptors (Lipinski definition) is 3. The van der Waals surface area contributed by atoms with Crippen molar-refractivity contribution in [3.8, 4) is 0 Å². The van der Waals surface area contributed by atoms with Crippen molar-refractivity contribution in [2.75, 3.05) is 46.8 Å². The molecule has 0 aromatic carbocycles. The van der Waals surface area contributed by atoms with Crippen molar-refractivity contribution in [1.29, 1.82) is 0 Å². The Morgan fingerprint density at radius 1 is 1.33 bits per heavy atom. The largest absolute Gasteiger partial charge is 0.370 e. The van der Waals surface area contributed by atoms with E-state index in [1.54, 1.807) is 0 Å². The van der Waals surface area contributed by atoms with Crippen LogP contribution in [0.4, 0.5) is 0 Å². The van der Waals surface area contributed by atoms with E-state index in [1.807, 2.05) is 0 Å². The lowest BCUT2D eigenvalue weighted by molar-refractivity contribution is 0.147. The summed E-state index contributed by atoms with van der Waals surface area (Å²) in [5, 5.41) is 3.21. The lowest BCUT2D eigenvalue weighted by Crippen LogP contribution is -2.45. The molecule has 0 saturated carbocycles. The fourth-order valence-electron chi connectivity index (χ4n) is 2.50. The third-order valence-corrected chi connectivity index (χ3v) is 4.01. The zero-order valence-corrected chi connectivity index (χ0v) is 16.5. The fraction of sp³-hybridized carbons (Fsp3) is 0.933. The SMILES string of the molecule is CC(C)CCN=C(N)NCCN1CCC(N(C)C)CC1.I. The topological polar surface area (TPSA) is 56.9 Å². The number of halogens is 1. The minimum absolute atomic E-state index is 0. The highest BCUT2D eigenvalue weighted by Gasteiger charge is 2.19. The van der Waals surface area contributed by atoms with E-state index in [2.05, 4.69) is 48.1 Å². The van der Waals surface area contributed by atoms with Crippen LogP contribution in [0, 0.1) is 5.92 Å². The zero-order valence-electron chi connectivity index (χ0n) is 14.1. The first-order chi connectivity index (χ1) is 9.49. The number of aliphatic imine (C=N–C) groups is 1. The van der Waals surface area contributed by atoms with E-state index in [4.69, 9.17) is 5.73 Å². The average molecular weight is 411 g/mol. The van der Waals surface area contributed by atoms with Gasteiger partial charge in [-0.25, -0.2) is 0 Å². The number of likely N-dealkylation sites (tertiary alicyclic amines) is 1. The highest BCUT2D eigenvalue weighted by Crippen LogP contribution is 2.13. The number of guanidine groups is 1. The van der Waals surface area contributed by atoms with Gasteiger partial charge in [0.05, 0.1) is 0 Å². The van der Waals surface area contributed by atoms with Crippen LogP contribution in [0.25, 0.3) is 0 Å². The van der Waals surface area contributed by atoms with Crippen molar-refractivity contribution in [1.82, 2.24) is 15.1 Å². The molecule has 0 aliphatic carbocycles. The van der Waals surface area contributed by atoms with Gasteiger partial charge < -0.3 is 20.9 Å². The van der Waals surface area contributed by atoms with Crippen LogP contribution in [-0.2, 0) is 0 Å². The predicted molar refractivity (Wildman–Crippen MR) is 103 cm³/mol. The Morgan fingerprint density at radius 2 is 1.95 bits per heavy atom. The van der Waals surface area contributed by atoms with Crippen LogP contribution in [0.5, 0.6) is 0 Å². The number of nitrogens with one attached hydrogen (secondary N) is 1. The molecule has 1 fully saturated rings. The van der Waals surface area contributed by atoms with Crippen molar-refractivity contribution in [3.63, 3.8) is 0 Å². The Hall–Kier alpha value is -0.0800. The molecule has 126 valence electrons. The summed E-state index contributed by atoms with van der Waals surface area (Å²) in [5.41, 5.74) is 5.85. The predicted octanol–water partition coefficient (Wildman–Crippen LogP) is 1.58. The Kier molecular flexibility index (Phi) is 11.4.